The van der Waals surface area contributed by atoms with Gasteiger partial charge in [0.05, 0.1) is 21.2 Å². The molecule has 0 aliphatic carbocycles. The normalized spacial score (nSPS) is 13.1. The Bertz CT molecular complexity index is 1380. The van der Waals surface area contributed by atoms with E-state index in [2.05, 4.69) is 37.2 Å². The Morgan fingerprint density at radius 3 is 2.24 bits per heavy atom. The number of benzene rings is 3. The van der Waals surface area contributed by atoms with E-state index in [1.807, 2.05) is 12.1 Å². The molecule has 10 nitrogen and oxygen atoms in total. The third-order valence-electron chi connectivity index (χ3n) is 4.68. The summed E-state index contributed by atoms with van der Waals surface area (Å²) in [5.74, 6) is -0.589. The van der Waals surface area contributed by atoms with Gasteiger partial charge in [0.25, 0.3) is 15.7 Å². The fraction of sp³-hybridized carbons (Fsp3) is 0.143. The Morgan fingerprint density at radius 1 is 1.15 bits per heavy atom. The molecule has 13 heteroatoms. The van der Waals surface area contributed by atoms with Crippen LogP contribution < -0.4 is 9.62 Å². The maximum absolute atomic E-state index is 13.0. The summed E-state index contributed by atoms with van der Waals surface area (Å²) in [4.78, 5) is 34.1. The van der Waals surface area contributed by atoms with Crippen LogP contribution in [0.25, 0.3) is 10.8 Å². The van der Waals surface area contributed by atoms with Crippen LogP contribution in [0.3, 0.4) is 0 Å². The van der Waals surface area contributed by atoms with Gasteiger partial charge in [-0.15, -0.1) is 0 Å². The second-order valence-corrected chi connectivity index (χ2v) is 10.8. The van der Waals surface area contributed by atoms with Crippen molar-refractivity contribution in [3.8, 4) is 0 Å². The largest absolute Gasteiger partial charge is 0.351 e. The fourth-order valence-corrected chi connectivity index (χ4v) is 6.25. The topological polar surface area (TPSA) is 130 Å². The molecule has 0 fully saturated rings. The van der Waals surface area contributed by atoms with Crippen molar-refractivity contribution < 1.29 is 22.9 Å². The predicted octanol–water partition coefficient (Wildman–Crippen LogP) is 4.12. The average Bonchev–Trinajstić information content (AvgIpc) is 2.99. The minimum Gasteiger partial charge on any atom is -0.351 e. The second kappa shape index (κ2) is 10.1. The van der Waals surface area contributed by atoms with Crippen molar-refractivity contribution in [1.29, 1.82) is 0 Å². The lowest BCUT2D eigenvalue weighted by molar-refractivity contribution is -0.385. The van der Waals surface area contributed by atoms with E-state index in [4.69, 9.17) is 0 Å². The summed E-state index contributed by atoms with van der Waals surface area (Å²) < 4.78 is 27.6. The summed E-state index contributed by atoms with van der Waals surface area (Å²) in [6.07, 6.45) is 0.750. The quantitative estimate of drug-likeness (QED) is 0.262. The highest BCUT2D eigenvalue weighted by Crippen LogP contribution is 2.42. The number of carbonyl (C=O) groups excluding carboxylic acids is 2. The zero-order chi connectivity index (χ0) is 25.2. The molecule has 1 heterocycles. The van der Waals surface area contributed by atoms with E-state index < -0.39 is 27.4 Å². The maximum Gasteiger partial charge on any atom is 0.271 e. The molecule has 0 bridgehead atoms. The third-order valence-corrected chi connectivity index (χ3v) is 7.73. The van der Waals surface area contributed by atoms with Crippen LogP contribution in [-0.2, 0) is 19.6 Å². The van der Waals surface area contributed by atoms with Crippen LogP contribution in [0.2, 0.25) is 0 Å². The van der Waals surface area contributed by atoms with Crippen molar-refractivity contribution in [2.24, 2.45) is 0 Å². The van der Waals surface area contributed by atoms with Crippen molar-refractivity contribution >= 4 is 82.0 Å². The summed E-state index contributed by atoms with van der Waals surface area (Å²) in [6.45, 7) is -0.438. The van der Waals surface area contributed by atoms with E-state index >= 15 is 0 Å². The Balaban J connectivity index is 0.000000588. The minimum absolute atomic E-state index is 0.161. The molecule has 0 atom stereocenters. The number of hydrogen-bond acceptors (Lipinski definition) is 6. The zero-order valence-electron chi connectivity index (χ0n) is 17.9. The fourth-order valence-electron chi connectivity index (χ4n) is 3.22. The molecule has 1 aliphatic rings. The van der Waals surface area contributed by atoms with E-state index in [0.717, 1.165) is 16.1 Å². The number of sulfonamides is 1. The van der Waals surface area contributed by atoms with Gasteiger partial charge < -0.3 is 10.2 Å². The van der Waals surface area contributed by atoms with Crippen LogP contribution in [0, 0.1) is 10.1 Å². The van der Waals surface area contributed by atoms with Gasteiger partial charge in [-0.05, 0) is 49.4 Å². The molecule has 4 rings (SSSR count). The molecule has 0 radical (unpaired) electrons. The van der Waals surface area contributed by atoms with Gasteiger partial charge in [-0.2, -0.15) is 0 Å². The number of carbonyl (C=O) groups is 2. The Morgan fingerprint density at radius 2 is 1.71 bits per heavy atom. The molecule has 0 aromatic heterocycles. The first-order chi connectivity index (χ1) is 16.0. The highest BCUT2D eigenvalue weighted by atomic mass is 79.9. The molecule has 0 saturated heterocycles. The van der Waals surface area contributed by atoms with Crippen molar-refractivity contribution in [2.75, 3.05) is 30.3 Å². The molecule has 3 aromatic rings. The molecular formula is C21H18Br2N4O6S. The van der Waals surface area contributed by atoms with E-state index in [1.165, 1.54) is 23.1 Å². The van der Waals surface area contributed by atoms with E-state index in [9.17, 15) is 28.1 Å². The number of non-ortho nitro benzene ring substituents is 1. The number of amides is 2. The van der Waals surface area contributed by atoms with Crippen LogP contribution in [0.15, 0.2) is 62.4 Å². The number of nitrogens with one attached hydrogen (secondary N) is 1. The molecule has 1 N–H and O–H groups in total. The Labute approximate surface area is 212 Å². The number of nitro benzene ring substituents is 1. The summed E-state index contributed by atoms with van der Waals surface area (Å²) in [7, 11) is -0.489. The van der Waals surface area contributed by atoms with Crippen molar-refractivity contribution in [3.63, 3.8) is 0 Å². The smallest absolute Gasteiger partial charge is 0.271 e. The van der Waals surface area contributed by atoms with Gasteiger partial charge in [0, 0.05) is 40.6 Å². The van der Waals surface area contributed by atoms with E-state index in [0.29, 0.717) is 20.0 Å². The van der Waals surface area contributed by atoms with Gasteiger partial charge in [0.1, 0.15) is 6.54 Å². The van der Waals surface area contributed by atoms with Crippen molar-refractivity contribution in [2.45, 2.75) is 4.90 Å². The summed E-state index contributed by atoms with van der Waals surface area (Å²) in [5, 5.41) is 14.9. The first kappa shape index (κ1) is 25.6. The first-order valence-corrected chi connectivity index (χ1v) is 12.6. The van der Waals surface area contributed by atoms with Crippen LogP contribution in [0.4, 0.5) is 17.1 Å². The molecule has 0 spiro atoms. The Kier molecular flexibility index (Phi) is 7.58. The lowest BCUT2D eigenvalue weighted by Gasteiger charge is -2.19. The molecule has 3 aromatic carbocycles. The van der Waals surface area contributed by atoms with Crippen LogP contribution in [-0.4, -0.2) is 51.2 Å². The lowest BCUT2D eigenvalue weighted by Crippen LogP contribution is -2.35. The van der Waals surface area contributed by atoms with E-state index in [-0.39, 0.29) is 16.3 Å². The van der Waals surface area contributed by atoms with Gasteiger partial charge in [-0.1, -0.05) is 24.3 Å². The van der Waals surface area contributed by atoms with Crippen molar-refractivity contribution in [1.82, 2.24) is 4.90 Å². The van der Waals surface area contributed by atoms with Crippen LogP contribution in [0.5, 0.6) is 0 Å². The zero-order valence-corrected chi connectivity index (χ0v) is 21.8. The maximum atomic E-state index is 13.0. The molecule has 0 unspecified atom stereocenters. The van der Waals surface area contributed by atoms with Gasteiger partial charge in [0.2, 0.25) is 12.3 Å². The van der Waals surface area contributed by atoms with Gasteiger partial charge >= 0.3 is 0 Å². The molecule has 178 valence electrons. The third kappa shape index (κ3) is 5.05. The average molecular weight is 614 g/mol. The van der Waals surface area contributed by atoms with Gasteiger partial charge in [-0.25, -0.2) is 8.42 Å². The van der Waals surface area contributed by atoms with Crippen LogP contribution in [0.1, 0.15) is 0 Å². The van der Waals surface area contributed by atoms with Gasteiger partial charge in [0.15, 0.2) is 0 Å². The number of nitro groups is 1. The van der Waals surface area contributed by atoms with Gasteiger partial charge in [-0.3, -0.25) is 24.0 Å². The predicted molar refractivity (Wildman–Crippen MR) is 135 cm³/mol. The number of rotatable bonds is 5. The molecule has 34 heavy (non-hydrogen) atoms. The molecule has 0 saturated carbocycles. The number of anilines is 2. The first-order valence-electron chi connectivity index (χ1n) is 9.57. The summed E-state index contributed by atoms with van der Waals surface area (Å²) in [6, 6.07) is 12.7. The molecular weight excluding hydrogens is 596 g/mol. The molecule has 1 aliphatic heterocycles. The molecule has 2 amide bonds. The number of halogens is 2. The monoisotopic (exact) mass is 612 g/mol. The second-order valence-electron chi connectivity index (χ2n) is 7.30. The number of hydrogen-bond donors (Lipinski definition) is 1. The highest BCUT2D eigenvalue weighted by Gasteiger charge is 2.36. The lowest BCUT2D eigenvalue weighted by atomic mass is 10.1. The van der Waals surface area contributed by atoms with Crippen molar-refractivity contribution in [3.05, 3.63) is 67.6 Å². The minimum atomic E-state index is -3.86. The highest BCUT2D eigenvalue weighted by molar-refractivity contribution is 9.11. The van der Waals surface area contributed by atoms with E-state index in [1.54, 1.807) is 32.3 Å². The number of nitrogens with zero attached hydrogens (tertiary/aromatic N) is 3. The standard InChI is InChI=1S/C18H11Br2N3O5S.C3H7NO/c19-12-7-11(23(25)26)8-13(20)18(12)21-16(24)9-22-14-5-1-3-10-4-2-6-15(17(10)14)29(22,27)28;1-4(2)3-5/h1-8H,9H2,(H,21,24);3H,1-2H3. The SMILES string of the molecule is CN(C)C=O.O=C(CN1c2cccc3cccc(c23)S1(=O)=O)Nc1c(Br)cc([N+](=O)[O-])cc1Br. The van der Waals surface area contributed by atoms with Crippen LogP contribution >= 0.6 is 31.9 Å². The summed E-state index contributed by atoms with van der Waals surface area (Å²) >= 11 is 6.39. The summed E-state index contributed by atoms with van der Waals surface area (Å²) in [5.41, 5.74) is 0.550. The Hall–Kier alpha value is -3.03.